The van der Waals surface area contributed by atoms with Crippen molar-refractivity contribution in [3.63, 3.8) is 0 Å². The van der Waals surface area contributed by atoms with E-state index in [1.807, 2.05) is 18.2 Å². The van der Waals surface area contributed by atoms with Gasteiger partial charge < -0.3 is 5.11 Å². The number of hydrogen-bond donors (Lipinski definition) is 1. The Labute approximate surface area is 90.1 Å². The van der Waals surface area contributed by atoms with E-state index in [0.29, 0.717) is 0 Å². The molecule has 1 N–H and O–H groups in total. The van der Waals surface area contributed by atoms with Crippen LogP contribution in [0.15, 0.2) is 54.3 Å². The Hall–Kier alpha value is -1.76. The summed E-state index contributed by atoms with van der Waals surface area (Å²) in [6, 6.07) is 8.35. The molecule has 15 heavy (non-hydrogen) atoms. The highest BCUT2D eigenvalue weighted by Gasteiger charge is 2.08. The largest absolute Gasteiger partial charge is 0.515 e. The first kappa shape index (κ1) is 9.78. The van der Waals surface area contributed by atoms with Crippen molar-refractivity contribution in [3.05, 3.63) is 65.5 Å². The molecule has 0 heterocycles. The van der Waals surface area contributed by atoms with Crippen LogP contribution in [0.5, 0.6) is 0 Å². The van der Waals surface area contributed by atoms with Gasteiger partial charge in [-0.2, -0.15) is 0 Å². The maximum atomic E-state index is 9.14. The van der Waals surface area contributed by atoms with Gasteiger partial charge in [-0.05, 0) is 30.1 Å². The summed E-state index contributed by atoms with van der Waals surface area (Å²) >= 11 is 0. The van der Waals surface area contributed by atoms with E-state index in [9.17, 15) is 0 Å². The molecule has 76 valence electrons. The summed E-state index contributed by atoms with van der Waals surface area (Å²) in [5, 5.41) is 9.14. The lowest BCUT2D eigenvalue weighted by Gasteiger charge is -2.12. The second kappa shape index (κ2) is 4.18. The maximum Gasteiger partial charge on any atom is 0.0833 e. The number of rotatable bonds is 1. The minimum atomic E-state index is 0.802. The van der Waals surface area contributed by atoms with Gasteiger partial charge in [0.2, 0.25) is 0 Å². The van der Waals surface area contributed by atoms with E-state index >= 15 is 0 Å². The minimum Gasteiger partial charge on any atom is -0.515 e. The average molecular weight is 198 g/mol. The highest BCUT2D eigenvalue weighted by Crippen LogP contribution is 2.28. The zero-order valence-electron chi connectivity index (χ0n) is 8.77. The predicted molar refractivity (Wildman–Crippen MR) is 63.6 cm³/mol. The normalized spacial score (nSPS) is 17.9. The van der Waals surface area contributed by atoms with Crippen molar-refractivity contribution in [1.82, 2.24) is 0 Å². The molecule has 1 aromatic carbocycles. The van der Waals surface area contributed by atoms with Crippen molar-refractivity contribution in [2.24, 2.45) is 0 Å². The third-order valence-electron chi connectivity index (χ3n) is 2.60. The van der Waals surface area contributed by atoms with Gasteiger partial charge >= 0.3 is 0 Å². The first-order valence-corrected chi connectivity index (χ1v) is 5.09. The maximum absolute atomic E-state index is 9.14. The molecule has 0 spiro atoms. The summed E-state index contributed by atoms with van der Waals surface area (Å²) in [7, 11) is 0. The molecule has 0 bridgehead atoms. The zero-order valence-corrected chi connectivity index (χ0v) is 8.77. The Morgan fingerprint density at radius 3 is 2.60 bits per heavy atom. The van der Waals surface area contributed by atoms with Crippen molar-refractivity contribution in [2.45, 2.75) is 13.3 Å². The molecule has 0 amide bonds. The molecule has 1 aliphatic carbocycles. The Balaban J connectivity index is 2.41. The van der Waals surface area contributed by atoms with Gasteiger partial charge in [0.15, 0.2) is 0 Å². The highest BCUT2D eigenvalue weighted by atomic mass is 16.2. The molecule has 1 heteroatoms. The van der Waals surface area contributed by atoms with E-state index in [1.54, 1.807) is 0 Å². The number of allylic oxidation sites excluding steroid dienone is 5. The fourth-order valence-electron chi connectivity index (χ4n) is 1.71. The van der Waals surface area contributed by atoms with Gasteiger partial charge in [0.25, 0.3) is 0 Å². The Morgan fingerprint density at radius 1 is 1.20 bits per heavy atom. The minimum absolute atomic E-state index is 0.802. The van der Waals surface area contributed by atoms with E-state index in [0.717, 1.165) is 23.1 Å². The van der Waals surface area contributed by atoms with Gasteiger partial charge in [-0.15, -0.1) is 0 Å². The molecule has 0 aromatic heterocycles. The molecule has 0 radical (unpaired) electrons. The lowest BCUT2D eigenvalue weighted by Crippen LogP contribution is -1.93. The topological polar surface area (TPSA) is 20.2 Å². The van der Waals surface area contributed by atoms with Gasteiger partial charge in [0.1, 0.15) is 0 Å². The SMILES string of the molecule is Cc1ccc(C2=CC=CCC2=CO)cc1. The predicted octanol–water partition coefficient (Wildman–Crippen LogP) is 3.78. The summed E-state index contributed by atoms with van der Waals surface area (Å²) in [5.74, 6) is 0. The number of benzene rings is 1. The second-order valence-electron chi connectivity index (χ2n) is 3.73. The van der Waals surface area contributed by atoms with E-state index in [4.69, 9.17) is 5.11 Å². The van der Waals surface area contributed by atoms with E-state index in [1.165, 1.54) is 11.8 Å². The van der Waals surface area contributed by atoms with Gasteiger partial charge in [-0.3, -0.25) is 0 Å². The van der Waals surface area contributed by atoms with Crippen LogP contribution in [-0.2, 0) is 0 Å². The quantitative estimate of drug-likeness (QED) is 0.681. The molecule has 1 aliphatic rings. The molecule has 0 atom stereocenters. The standard InChI is InChI=1S/C14H14O/c1-11-6-8-12(9-7-11)14-5-3-2-4-13(14)10-15/h2-3,5-10,15H,4H2,1H3. The molecule has 0 fully saturated rings. The van der Waals surface area contributed by atoms with Crippen LogP contribution in [0.2, 0.25) is 0 Å². The molecule has 0 saturated carbocycles. The molecule has 0 unspecified atom stereocenters. The Kier molecular flexibility index (Phi) is 2.72. The highest BCUT2D eigenvalue weighted by molar-refractivity contribution is 5.81. The Bertz CT molecular complexity index is 433. The van der Waals surface area contributed by atoms with Crippen LogP contribution in [0.3, 0.4) is 0 Å². The molecular weight excluding hydrogens is 184 g/mol. The van der Waals surface area contributed by atoms with Crippen molar-refractivity contribution in [1.29, 1.82) is 0 Å². The Morgan fingerprint density at radius 2 is 1.93 bits per heavy atom. The van der Waals surface area contributed by atoms with Crippen molar-refractivity contribution < 1.29 is 5.11 Å². The van der Waals surface area contributed by atoms with Crippen molar-refractivity contribution in [2.75, 3.05) is 0 Å². The lowest BCUT2D eigenvalue weighted by molar-refractivity contribution is 0.468. The number of aliphatic hydroxyl groups is 1. The van der Waals surface area contributed by atoms with Crippen LogP contribution in [0, 0.1) is 6.92 Å². The van der Waals surface area contributed by atoms with Gasteiger partial charge in [-0.25, -0.2) is 0 Å². The summed E-state index contributed by atoms with van der Waals surface area (Å²) in [6.07, 6.45) is 8.11. The fourth-order valence-corrected chi connectivity index (χ4v) is 1.71. The summed E-state index contributed by atoms with van der Waals surface area (Å²) < 4.78 is 0. The van der Waals surface area contributed by atoms with Crippen LogP contribution in [0.25, 0.3) is 5.57 Å². The third-order valence-corrected chi connectivity index (χ3v) is 2.60. The monoisotopic (exact) mass is 198 g/mol. The van der Waals surface area contributed by atoms with Crippen LogP contribution < -0.4 is 0 Å². The molecule has 0 saturated heterocycles. The van der Waals surface area contributed by atoms with Crippen molar-refractivity contribution >= 4 is 5.57 Å². The van der Waals surface area contributed by atoms with Crippen LogP contribution in [0.1, 0.15) is 17.5 Å². The second-order valence-corrected chi connectivity index (χ2v) is 3.73. The van der Waals surface area contributed by atoms with Crippen LogP contribution >= 0.6 is 0 Å². The number of aliphatic hydroxyl groups excluding tert-OH is 1. The number of aryl methyl sites for hydroxylation is 1. The van der Waals surface area contributed by atoms with E-state index in [2.05, 4.69) is 31.2 Å². The smallest absolute Gasteiger partial charge is 0.0833 e. The van der Waals surface area contributed by atoms with Crippen molar-refractivity contribution in [3.8, 4) is 0 Å². The molecule has 1 nitrogen and oxygen atoms in total. The first-order chi connectivity index (χ1) is 7.31. The van der Waals surface area contributed by atoms with Gasteiger partial charge in [-0.1, -0.05) is 48.1 Å². The summed E-state index contributed by atoms with van der Waals surface area (Å²) in [6.45, 7) is 2.07. The average Bonchev–Trinajstić information content (AvgIpc) is 2.30. The zero-order chi connectivity index (χ0) is 10.7. The molecular formula is C14H14O. The first-order valence-electron chi connectivity index (χ1n) is 5.09. The number of hydrogen-bond acceptors (Lipinski definition) is 1. The van der Waals surface area contributed by atoms with Gasteiger partial charge in [0.05, 0.1) is 6.26 Å². The lowest BCUT2D eigenvalue weighted by atomic mass is 9.92. The van der Waals surface area contributed by atoms with Crippen LogP contribution in [0.4, 0.5) is 0 Å². The van der Waals surface area contributed by atoms with Crippen LogP contribution in [-0.4, -0.2) is 5.11 Å². The fraction of sp³-hybridized carbons (Fsp3) is 0.143. The summed E-state index contributed by atoms with van der Waals surface area (Å²) in [5.41, 5.74) is 4.49. The molecule has 0 aliphatic heterocycles. The van der Waals surface area contributed by atoms with E-state index in [-0.39, 0.29) is 0 Å². The summed E-state index contributed by atoms with van der Waals surface area (Å²) in [4.78, 5) is 0. The molecule has 2 rings (SSSR count). The third kappa shape index (κ3) is 2.01. The van der Waals surface area contributed by atoms with Gasteiger partial charge in [0, 0.05) is 0 Å². The van der Waals surface area contributed by atoms with E-state index < -0.39 is 0 Å². The molecule has 1 aromatic rings.